The minimum absolute atomic E-state index is 0.0432. The van der Waals surface area contributed by atoms with Gasteiger partial charge in [0.1, 0.15) is 0 Å². The van der Waals surface area contributed by atoms with Crippen LogP contribution in [0.25, 0.3) is 0 Å². The number of esters is 1. The molecule has 1 aliphatic heterocycles. The van der Waals surface area contributed by atoms with Crippen molar-refractivity contribution < 1.29 is 9.53 Å². The molecule has 0 aromatic rings. The van der Waals surface area contributed by atoms with Crippen LogP contribution in [0.4, 0.5) is 0 Å². The number of carbonyl (C=O) groups excluding carboxylic acids is 1. The summed E-state index contributed by atoms with van der Waals surface area (Å²) in [5.41, 5.74) is 0. The number of hydrogen-bond donors (Lipinski definition) is 0. The summed E-state index contributed by atoms with van der Waals surface area (Å²) in [5.74, 6) is -0.00614. The van der Waals surface area contributed by atoms with Crippen molar-refractivity contribution in [1.29, 1.82) is 0 Å². The number of cyclic esters (lactones) is 1. The van der Waals surface area contributed by atoms with E-state index in [-0.39, 0.29) is 11.9 Å². The van der Waals surface area contributed by atoms with Crippen LogP contribution in [-0.2, 0) is 9.53 Å². The summed E-state index contributed by atoms with van der Waals surface area (Å²) in [4.78, 5) is 11.0. The smallest absolute Gasteiger partial charge is 0.312 e. The Kier molecular flexibility index (Phi) is 4.58. The van der Waals surface area contributed by atoms with Crippen molar-refractivity contribution in [2.75, 3.05) is 6.61 Å². The van der Waals surface area contributed by atoms with Crippen LogP contribution in [0.5, 0.6) is 0 Å². The van der Waals surface area contributed by atoms with E-state index in [1.165, 1.54) is 19.3 Å². The van der Waals surface area contributed by atoms with Crippen LogP contribution < -0.4 is 0 Å². The summed E-state index contributed by atoms with van der Waals surface area (Å²) in [7, 11) is 0. The van der Waals surface area contributed by atoms with Crippen molar-refractivity contribution in [3.63, 3.8) is 0 Å². The van der Waals surface area contributed by atoms with Crippen LogP contribution in [0.3, 0.4) is 0 Å². The van der Waals surface area contributed by atoms with Gasteiger partial charge in [0.15, 0.2) is 0 Å². The summed E-state index contributed by atoms with van der Waals surface area (Å²) >= 11 is 0. The van der Waals surface area contributed by atoms with Crippen molar-refractivity contribution in [2.24, 2.45) is 5.92 Å². The zero-order valence-corrected chi connectivity index (χ0v) is 8.29. The molecule has 1 aliphatic rings. The molecule has 0 aromatic carbocycles. The zero-order chi connectivity index (χ0) is 9.52. The van der Waals surface area contributed by atoms with Gasteiger partial charge < -0.3 is 4.74 Å². The van der Waals surface area contributed by atoms with Crippen molar-refractivity contribution >= 4 is 5.97 Å². The van der Waals surface area contributed by atoms with Gasteiger partial charge in [-0.3, -0.25) is 4.79 Å². The van der Waals surface area contributed by atoms with Crippen LogP contribution in [0, 0.1) is 5.92 Å². The molecule has 1 heterocycles. The Morgan fingerprint density at radius 3 is 3.00 bits per heavy atom. The maximum absolute atomic E-state index is 11.0. The Hall–Kier alpha value is -0.790. The third kappa shape index (κ3) is 3.62. The molecule has 0 spiro atoms. The number of unbranched alkanes of at least 4 members (excludes halogenated alkanes) is 3. The predicted molar refractivity (Wildman–Crippen MR) is 52.3 cm³/mol. The highest BCUT2D eigenvalue weighted by molar-refractivity contribution is 5.76. The van der Waals surface area contributed by atoms with Crippen LogP contribution in [0.2, 0.25) is 0 Å². The van der Waals surface area contributed by atoms with Crippen LogP contribution in [-0.4, -0.2) is 12.6 Å². The molecule has 1 unspecified atom stereocenters. The first kappa shape index (κ1) is 10.3. The van der Waals surface area contributed by atoms with Crippen molar-refractivity contribution in [3.05, 3.63) is 12.2 Å². The molecule has 1 saturated heterocycles. The monoisotopic (exact) mass is 182 g/mol. The van der Waals surface area contributed by atoms with E-state index in [1.54, 1.807) is 0 Å². The summed E-state index contributed by atoms with van der Waals surface area (Å²) in [6.07, 6.45) is 9.84. The maximum Gasteiger partial charge on any atom is 0.312 e. The fourth-order valence-corrected chi connectivity index (χ4v) is 1.46. The second-order valence-corrected chi connectivity index (χ2v) is 3.49. The molecule has 1 rings (SSSR count). The number of rotatable bonds is 5. The van der Waals surface area contributed by atoms with Gasteiger partial charge in [0, 0.05) is 0 Å². The Balaban J connectivity index is 2.12. The topological polar surface area (TPSA) is 26.3 Å². The molecule has 0 amide bonds. The van der Waals surface area contributed by atoms with E-state index in [4.69, 9.17) is 4.74 Å². The van der Waals surface area contributed by atoms with Gasteiger partial charge in [-0.25, -0.2) is 0 Å². The number of carbonyl (C=O) groups is 1. The third-order valence-electron chi connectivity index (χ3n) is 2.32. The van der Waals surface area contributed by atoms with E-state index in [9.17, 15) is 4.79 Å². The van der Waals surface area contributed by atoms with E-state index < -0.39 is 0 Å². The molecule has 1 fully saturated rings. The number of ether oxygens (including phenoxy) is 1. The second kappa shape index (κ2) is 5.79. The molecular formula is C11H18O2. The number of hydrogen-bond acceptors (Lipinski definition) is 2. The molecule has 2 nitrogen and oxygen atoms in total. The quantitative estimate of drug-likeness (QED) is 0.371. The first-order valence-electron chi connectivity index (χ1n) is 5.18. The Bertz CT molecular complexity index is 185. The summed E-state index contributed by atoms with van der Waals surface area (Å²) < 4.78 is 4.85. The van der Waals surface area contributed by atoms with Crippen LogP contribution in [0.1, 0.15) is 39.0 Å². The Labute approximate surface area is 80.0 Å². The predicted octanol–water partition coefficient (Wildman–Crippen LogP) is 2.69. The van der Waals surface area contributed by atoms with Gasteiger partial charge in [0.2, 0.25) is 0 Å². The number of allylic oxidation sites excluding steroid dienone is 1. The first-order valence-corrected chi connectivity index (χ1v) is 5.18. The lowest BCUT2D eigenvalue weighted by Crippen LogP contribution is -2.03. The van der Waals surface area contributed by atoms with Gasteiger partial charge in [-0.15, -0.1) is 0 Å². The largest absolute Gasteiger partial charge is 0.465 e. The molecule has 1 atom stereocenters. The molecule has 0 N–H and O–H groups in total. The van der Waals surface area contributed by atoms with Gasteiger partial charge in [0.25, 0.3) is 0 Å². The Morgan fingerprint density at radius 1 is 1.54 bits per heavy atom. The van der Waals surface area contributed by atoms with Crippen molar-refractivity contribution in [1.82, 2.24) is 0 Å². The van der Waals surface area contributed by atoms with Crippen LogP contribution >= 0.6 is 0 Å². The molecule has 74 valence electrons. The minimum atomic E-state index is -0.0493. The average Bonchev–Trinajstić information content (AvgIpc) is 2.52. The van der Waals surface area contributed by atoms with Crippen molar-refractivity contribution in [3.8, 4) is 0 Å². The van der Waals surface area contributed by atoms with Gasteiger partial charge in [-0.05, 0) is 19.3 Å². The molecular weight excluding hydrogens is 164 g/mol. The highest BCUT2D eigenvalue weighted by Crippen LogP contribution is 2.16. The van der Waals surface area contributed by atoms with Crippen molar-refractivity contribution in [2.45, 2.75) is 39.0 Å². The summed E-state index contributed by atoms with van der Waals surface area (Å²) in [5, 5.41) is 0. The van der Waals surface area contributed by atoms with E-state index in [2.05, 4.69) is 13.0 Å². The SMILES string of the molecule is CCCCC/C=C/C1CCOC1=O. The molecule has 0 saturated carbocycles. The van der Waals surface area contributed by atoms with Gasteiger partial charge in [0.05, 0.1) is 12.5 Å². The average molecular weight is 182 g/mol. The Morgan fingerprint density at radius 2 is 2.38 bits per heavy atom. The van der Waals surface area contributed by atoms with E-state index in [0.717, 1.165) is 12.8 Å². The van der Waals surface area contributed by atoms with Crippen LogP contribution in [0.15, 0.2) is 12.2 Å². The highest BCUT2D eigenvalue weighted by atomic mass is 16.5. The second-order valence-electron chi connectivity index (χ2n) is 3.49. The first-order chi connectivity index (χ1) is 6.34. The highest BCUT2D eigenvalue weighted by Gasteiger charge is 2.22. The fraction of sp³-hybridized carbons (Fsp3) is 0.727. The molecule has 2 heteroatoms. The summed E-state index contributed by atoms with van der Waals surface area (Å²) in [6.45, 7) is 2.79. The lowest BCUT2D eigenvalue weighted by Gasteiger charge is -1.96. The van der Waals surface area contributed by atoms with E-state index >= 15 is 0 Å². The summed E-state index contributed by atoms with van der Waals surface area (Å²) in [6, 6.07) is 0. The maximum atomic E-state index is 11.0. The lowest BCUT2D eigenvalue weighted by atomic mass is 10.1. The molecule has 0 aliphatic carbocycles. The molecule has 0 radical (unpaired) electrons. The lowest BCUT2D eigenvalue weighted by molar-refractivity contribution is -0.140. The third-order valence-corrected chi connectivity index (χ3v) is 2.32. The minimum Gasteiger partial charge on any atom is -0.465 e. The van der Waals surface area contributed by atoms with Gasteiger partial charge in [-0.1, -0.05) is 31.9 Å². The zero-order valence-electron chi connectivity index (χ0n) is 8.29. The molecule has 0 bridgehead atoms. The van der Waals surface area contributed by atoms with Gasteiger partial charge >= 0.3 is 5.97 Å². The molecule has 13 heavy (non-hydrogen) atoms. The molecule has 0 aromatic heterocycles. The standard InChI is InChI=1S/C11H18O2/c1-2-3-4-5-6-7-10-8-9-13-11(10)12/h6-7,10H,2-5,8-9H2,1H3/b7-6+. The van der Waals surface area contributed by atoms with E-state index in [1.807, 2.05) is 6.08 Å². The van der Waals surface area contributed by atoms with E-state index in [0.29, 0.717) is 6.61 Å². The normalized spacial score (nSPS) is 22.5. The fourth-order valence-electron chi connectivity index (χ4n) is 1.46. The van der Waals surface area contributed by atoms with Gasteiger partial charge in [-0.2, -0.15) is 0 Å².